The number of carbonyl (C=O) groups is 4. The second-order valence-corrected chi connectivity index (χ2v) is 12.3. The number of likely N-dealkylation sites (N-methyl/N-ethyl adjacent to an activating group) is 1. The van der Waals surface area contributed by atoms with Crippen molar-refractivity contribution >= 4 is 35.1 Å². The van der Waals surface area contributed by atoms with Crippen LogP contribution in [-0.2, 0) is 19.1 Å². The van der Waals surface area contributed by atoms with Gasteiger partial charge in [-0.3, -0.25) is 19.3 Å². The molecule has 1 aliphatic rings. The van der Waals surface area contributed by atoms with E-state index in [2.05, 4.69) is 10.3 Å². The van der Waals surface area contributed by atoms with Crippen molar-refractivity contribution in [1.29, 1.82) is 0 Å². The molecule has 12 heteroatoms. The Morgan fingerprint density at radius 3 is 2.46 bits per heavy atom. The van der Waals surface area contributed by atoms with Crippen LogP contribution in [0.5, 0.6) is 0 Å². The number of hydrogen-bond acceptors (Lipinski definition) is 9. The third-order valence-electron chi connectivity index (χ3n) is 7.71. The minimum Gasteiger partial charge on any atom is -0.476 e. The number of hydrogen-bond donors (Lipinski definition) is 3. The monoisotopic (exact) mass is 596 g/mol. The number of aromatic nitrogens is 1. The molecule has 0 saturated carbocycles. The third-order valence-corrected chi connectivity index (χ3v) is 8.66. The highest BCUT2D eigenvalue weighted by molar-refractivity contribution is 7.09. The van der Waals surface area contributed by atoms with E-state index in [0.29, 0.717) is 12.8 Å². The number of aliphatic hydroxyl groups excluding tert-OH is 1. The Labute approximate surface area is 247 Å². The van der Waals surface area contributed by atoms with Crippen LogP contribution in [0.25, 0.3) is 0 Å². The number of likely N-dealkylation sites (tertiary alicyclic amines) is 1. The van der Waals surface area contributed by atoms with Crippen molar-refractivity contribution < 1.29 is 34.1 Å². The highest BCUT2D eigenvalue weighted by Crippen LogP contribution is 2.29. The van der Waals surface area contributed by atoms with Gasteiger partial charge >= 0.3 is 11.9 Å². The van der Waals surface area contributed by atoms with E-state index in [4.69, 9.17) is 4.74 Å². The Kier molecular flexibility index (Phi) is 14.2. The number of aromatic carboxylic acids is 1. The summed E-state index contributed by atoms with van der Waals surface area (Å²) >= 11 is 1.03. The van der Waals surface area contributed by atoms with Gasteiger partial charge in [-0.25, -0.2) is 9.78 Å². The first kappa shape index (κ1) is 34.6. The smallest absolute Gasteiger partial charge is 0.355 e. The van der Waals surface area contributed by atoms with Crippen LogP contribution in [0.2, 0.25) is 0 Å². The highest BCUT2D eigenvalue weighted by Gasteiger charge is 2.38. The maximum Gasteiger partial charge on any atom is 0.355 e. The number of amides is 2. The first-order chi connectivity index (χ1) is 19.4. The van der Waals surface area contributed by atoms with E-state index in [9.17, 15) is 29.4 Å². The molecule has 41 heavy (non-hydrogen) atoms. The molecule has 0 bridgehead atoms. The molecule has 2 heterocycles. The van der Waals surface area contributed by atoms with Gasteiger partial charge in [0.1, 0.15) is 17.2 Å². The standard InChI is InChI=1S/C29H48N4O7S/c1-7-11-19(5)25(31-26(36)21-13-9-10-14-32(21)6)28(37)33(17-40-24(35)12-8-2)22(18(3)4)15-23(34)27-30-20(16-41-27)29(38)39/h16,18-19,21-23,25,34H,7-15,17H2,1-6H3,(H,31,36)(H,38,39)/t19?,21-,22-,23-,25+/m1/s1. The molecule has 0 spiro atoms. The molecule has 1 saturated heterocycles. The first-order valence-electron chi connectivity index (χ1n) is 14.7. The number of aliphatic hydroxyl groups is 1. The van der Waals surface area contributed by atoms with Crippen molar-refractivity contribution in [2.24, 2.45) is 11.8 Å². The van der Waals surface area contributed by atoms with E-state index in [1.165, 1.54) is 10.3 Å². The molecule has 2 rings (SSSR count). The summed E-state index contributed by atoms with van der Waals surface area (Å²) in [7, 11) is 1.92. The summed E-state index contributed by atoms with van der Waals surface area (Å²) in [6.45, 7) is 10.1. The van der Waals surface area contributed by atoms with Crippen LogP contribution in [0.3, 0.4) is 0 Å². The largest absolute Gasteiger partial charge is 0.476 e. The fourth-order valence-corrected chi connectivity index (χ4v) is 6.06. The summed E-state index contributed by atoms with van der Waals surface area (Å²) in [5.41, 5.74) is -0.157. The minimum absolute atomic E-state index is 0.0511. The SMILES string of the molecule is CCCC(=O)OCN(C(=O)[C@@H](NC(=O)[C@H]1CCCCN1C)C(C)CCC)[C@H](C[C@@H](O)c1nc(C(=O)O)cs1)C(C)C. The van der Waals surface area contributed by atoms with Crippen molar-refractivity contribution in [3.63, 3.8) is 0 Å². The molecule has 2 amide bonds. The molecule has 0 aliphatic carbocycles. The summed E-state index contributed by atoms with van der Waals surface area (Å²) in [6.07, 6.45) is 3.91. The van der Waals surface area contributed by atoms with Gasteiger partial charge in [-0.1, -0.05) is 47.5 Å². The van der Waals surface area contributed by atoms with Crippen LogP contribution in [0.15, 0.2) is 5.38 Å². The number of thiazole rings is 1. The van der Waals surface area contributed by atoms with Gasteiger partial charge in [0.15, 0.2) is 12.4 Å². The number of piperidine rings is 1. The molecule has 232 valence electrons. The van der Waals surface area contributed by atoms with Gasteiger partial charge in [-0.05, 0) is 51.1 Å². The fraction of sp³-hybridized carbons (Fsp3) is 0.759. The fourth-order valence-electron chi connectivity index (χ4n) is 5.27. The number of carboxylic acid groups (broad SMARTS) is 1. The van der Waals surface area contributed by atoms with E-state index in [-0.39, 0.29) is 60.0 Å². The van der Waals surface area contributed by atoms with Crippen molar-refractivity contribution in [2.45, 2.75) is 110 Å². The summed E-state index contributed by atoms with van der Waals surface area (Å²) in [4.78, 5) is 58.9. The molecular weight excluding hydrogens is 548 g/mol. The molecule has 5 atom stereocenters. The molecule has 1 aromatic heterocycles. The summed E-state index contributed by atoms with van der Waals surface area (Å²) in [5, 5.41) is 24.9. The number of esters is 1. The maximum absolute atomic E-state index is 14.3. The van der Waals surface area contributed by atoms with Gasteiger partial charge in [0, 0.05) is 24.3 Å². The Balaban J connectivity index is 2.40. The van der Waals surface area contributed by atoms with E-state index < -0.39 is 30.1 Å². The van der Waals surface area contributed by atoms with Gasteiger partial charge < -0.3 is 25.2 Å². The van der Waals surface area contributed by atoms with Crippen LogP contribution < -0.4 is 5.32 Å². The highest BCUT2D eigenvalue weighted by atomic mass is 32.1. The molecule has 11 nitrogen and oxygen atoms in total. The van der Waals surface area contributed by atoms with Gasteiger partial charge in [0.25, 0.3) is 0 Å². The second-order valence-electron chi connectivity index (χ2n) is 11.4. The quantitative estimate of drug-likeness (QED) is 0.191. The maximum atomic E-state index is 14.3. The van der Waals surface area contributed by atoms with Crippen molar-refractivity contribution in [1.82, 2.24) is 20.1 Å². The molecule has 0 radical (unpaired) electrons. The lowest BCUT2D eigenvalue weighted by Crippen LogP contribution is -2.59. The van der Waals surface area contributed by atoms with Gasteiger partial charge in [-0.2, -0.15) is 0 Å². The van der Waals surface area contributed by atoms with Gasteiger partial charge in [0.05, 0.1) is 6.04 Å². The lowest BCUT2D eigenvalue weighted by atomic mass is 9.91. The molecule has 1 unspecified atom stereocenters. The summed E-state index contributed by atoms with van der Waals surface area (Å²) in [5.74, 6) is -2.55. The number of carboxylic acids is 1. The van der Waals surface area contributed by atoms with Crippen LogP contribution in [0, 0.1) is 11.8 Å². The van der Waals surface area contributed by atoms with E-state index in [1.807, 2.05) is 46.6 Å². The topological polar surface area (TPSA) is 149 Å². The average Bonchev–Trinajstić information content (AvgIpc) is 3.42. The average molecular weight is 597 g/mol. The molecular formula is C29H48N4O7S. The van der Waals surface area contributed by atoms with Crippen LogP contribution in [0.1, 0.15) is 108 Å². The Morgan fingerprint density at radius 1 is 1.20 bits per heavy atom. The zero-order chi connectivity index (χ0) is 30.7. The van der Waals surface area contributed by atoms with Crippen LogP contribution in [-0.4, -0.2) is 87.2 Å². The second kappa shape index (κ2) is 16.8. The van der Waals surface area contributed by atoms with Crippen molar-refractivity contribution in [2.75, 3.05) is 20.3 Å². The van der Waals surface area contributed by atoms with E-state index >= 15 is 0 Å². The first-order valence-corrected chi connectivity index (χ1v) is 15.6. The lowest BCUT2D eigenvalue weighted by molar-refractivity contribution is -0.159. The number of rotatable bonds is 16. The normalized spacial score (nSPS) is 18.8. The Bertz CT molecular complexity index is 1020. The number of carbonyl (C=O) groups excluding carboxylic acids is 3. The van der Waals surface area contributed by atoms with Gasteiger partial charge in [0.2, 0.25) is 11.8 Å². The molecule has 0 aromatic carbocycles. The van der Waals surface area contributed by atoms with Crippen molar-refractivity contribution in [3.8, 4) is 0 Å². The summed E-state index contributed by atoms with van der Waals surface area (Å²) in [6, 6.07) is -1.76. The zero-order valence-electron chi connectivity index (χ0n) is 25.3. The van der Waals surface area contributed by atoms with Gasteiger partial charge in [-0.15, -0.1) is 11.3 Å². The predicted molar refractivity (Wildman–Crippen MR) is 156 cm³/mol. The number of nitrogens with zero attached hydrogens (tertiary/aromatic N) is 3. The molecule has 1 aliphatic heterocycles. The third kappa shape index (κ3) is 10.0. The number of ether oxygens (including phenoxy) is 1. The van der Waals surface area contributed by atoms with E-state index in [0.717, 1.165) is 43.6 Å². The predicted octanol–water partition coefficient (Wildman–Crippen LogP) is 3.82. The van der Waals surface area contributed by atoms with E-state index in [1.54, 1.807) is 0 Å². The Hall–Kier alpha value is -2.57. The Morgan fingerprint density at radius 2 is 1.90 bits per heavy atom. The minimum atomic E-state index is -1.19. The van der Waals surface area contributed by atoms with Crippen LogP contribution >= 0.6 is 11.3 Å². The summed E-state index contributed by atoms with van der Waals surface area (Å²) < 4.78 is 5.52. The molecule has 1 fully saturated rings. The van der Waals surface area contributed by atoms with Crippen LogP contribution in [0.4, 0.5) is 0 Å². The molecule has 1 aromatic rings. The molecule has 3 N–H and O–H groups in total. The number of nitrogens with one attached hydrogen (secondary N) is 1. The zero-order valence-corrected chi connectivity index (χ0v) is 26.1. The van der Waals surface area contributed by atoms with Crippen molar-refractivity contribution in [3.05, 3.63) is 16.1 Å². The lowest BCUT2D eigenvalue weighted by Gasteiger charge is -2.39.